The maximum atomic E-state index is 12.3. The number of alkyl halides is 1. The van der Waals surface area contributed by atoms with Gasteiger partial charge < -0.3 is 14.6 Å². The number of anilines is 1. The Balaban J connectivity index is 1.61. The molecule has 0 saturated heterocycles. The smallest absolute Gasteiger partial charge is 0.415 e. The van der Waals surface area contributed by atoms with Gasteiger partial charge in [0.2, 0.25) is 0 Å². The molecule has 2 aromatic heterocycles. The fourth-order valence-corrected chi connectivity index (χ4v) is 3.43. The van der Waals surface area contributed by atoms with E-state index in [1.165, 1.54) is 28.6 Å². The molecule has 0 aliphatic rings. The van der Waals surface area contributed by atoms with E-state index >= 15 is 0 Å². The molecule has 0 aliphatic heterocycles. The minimum Gasteiger partial charge on any atom is -0.491 e. The summed E-state index contributed by atoms with van der Waals surface area (Å²) in [6.45, 7) is 4.42. The highest BCUT2D eigenvalue weighted by Crippen LogP contribution is 2.27. The molecule has 178 valence electrons. The number of hydrogen-bond donors (Lipinski definition) is 1. The third kappa shape index (κ3) is 7.23. The van der Waals surface area contributed by atoms with E-state index < -0.39 is 24.5 Å². The predicted molar refractivity (Wildman–Crippen MR) is 130 cm³/mol. The van der Waals surface area contributed by atoms with E-state index in [2.05, 4.69) is 26.8 Å². The number of ether oxygens (including phenoxy) is 2. The van der Waals surface area contributed by atoms with Crippen molar-refractivity contribution >= 4 is 39.5 Å². The Morgan fingerprint density at radius 1 is 1.32 bits per heavy atom. The van der Waals surface area contributed by atoms with Crippen LogP contribution in [0.15, 0.2) is 36.7 Å². The number of thiazole rings is 1. The van der Waals surface area contributed by atoms with Crippen molar-refractivity contribution in [3.8, 4) is 17.6 Å². The minimum absolute atomic E-state index is 0.107. The average Bonchev–Trinajstić information content (AvgIpc) is 3.21. The van der Waals surface area contributed by atoms with Crippen LogP contribution in [-0.2, 0) is 4.74 Å². The van der Waals surface area contributed by atoms with Gasteiger partial charge in [-0.25, -0.2) is 24.1 Å². The van der Waals surface area contributed by atoms with Gasteiger partial charge in [-0.05, 0) is 57.0 Å². The number of aliphatic hydroxyl groups is 1. The van der Waals surface area contributed by atoms with Crippen LogP contribution in [-0.4, -0.2) is 58.2 Å². The van der Waals surface area contributed by atoms with Gasteiger partial charge in [0, 0.05) is 7.05 Å². The molecule has 0 aliphatic carbocycles. The lowest BCUT2D eigenvalue weighted by molar-refractivity contribution is 0.0588. The van der Waals surface area contributed by atoms with Crippen LogP contribution in [0.5, 0.6) is 5.75 Å². The molecule has 0 spiro atoms. The zero-order valence-electron chi connectivity index (χ0n) is 19.3. The van der Waals surface area contributed by atoms with E-state index in [-0.39, 0.29) is 6.61 Å². The quantitative estimate of drug-likeness (QED) is 0.523. The first-order valence-corrected chi connectivity index (χ1v) is 11.2. The second-order valence-corrected chi connectivity index (χ2v) is 9.26. The number of rotatable bonds is 6. The molecule has 8 nitrogen and oxygen atoms in total. The lowest BCUT2D eigenvalue weighted by atomic mass is 10.2. The lowest BCUT2D eigenvalue weighted by Crippen LogP contribution is -2.34. The fraction of sp³-hybridized carbons (Fsp3) is 0.333. The van der Waals surface area contributed by atoms with E-state index in [0.29, 0.717) is 17.3 Å². The molecule has 3 aromatic rings. The second-order valence-electron chi connectivity index (χ2n) is 8.20. The first-order chi connectivity index (χ1) is 16.1. The van der Waals surface area contributed by atoms with Gasteiger partial charge in [0.25, 0.3) is 0 Å². The number of benzene rings is 1. The van der Waals surface area contributed by atoms with Crippen molar-refractivity contribution in [1.29, 1.82) is 0 Å². The van der Waals surface area contributed by atoms with E-state index in [9.17, 15) is 14.3 Å². The largest absolute Gasteiger partial charge is 0.491 e. The number of hydrogen-bond acceptors (Lipinski definition) is 8. The van der Waals surface area contributed by atoms with Crippen molar-refractivity contribution in [2.45, 2.75) is 32.5 Å². The standard InChI is InChI=1S/C24H25FN4O4S/c1-24(2,3)33-23(31)29(4)21-14-26-16(13-27-21)7-5-6-8-22-28-19-10-9-18(11-20(19)34-22)32-15-17(30)12-25/h6,8-11,13-14,17,30H,12,15H2,1-4H3/b8-6+. The van der Waals surface area contributed by atoms with Gasteiger partial charge in [-0.1, -0.05) is 5.92 Å². The summed E-state index contributed by atoms with van der Waals surface area (Å²) in [5, 5.41) is 10.0. The van der Waals surface area contributed by atoms with Crippen molar-refractivity contribution in [2.24, 2.45) is 0 Å². The Labute approximate surface area is 201 Å². The Hall–Kier alpha value is -3.55. The van der Waals surface area contributed by atoms with Crippen molar-refractivity contribution in [2.75, 3.05) is 25.2 Å². The zero-order valence-corrected chi connectivity index (χ0v) is 20.1. The fourth-order valence-electron chi connectivity index (χ4n) is 2.53. The summed E-state index contributed by atoms with van der Waals surface area (Å²) >= 11 is 1.45. The van der Waals surface area contributed by atoms with E-state index in [4.69, 9.17) is 9.47 Å². The predicted octanol–water partition coefficient (Wildman–Crippen LogP) is 4.23. The molecule has 1 atom stereocenters. The maximum absolute atomic E-state index is 12.3. The molecule has 3 rings (SSSR count). The molecule has 0 radical (unpaired) electrons. The van der Waals surface area contributed by atoms with Crippen LogP contribution >= 0.6 is 11.3 Å². The monoisotopic (exact) mass is 484 g/mol. The highest BCUT2D eigenvalue weighted by atomic mass is 32.1. The van der Waals surface area contributed by atoms with Crippen LogP contribution in [0.1, 0.15) is 31.5 Å². The summed E-state index contributed by atoms with van der Waals surface area (Å²) in [4.78, 5) is 26.3. The number of allylic oxidation sites excluding steroid dienone is 1. The topological polar surface area (TPSA) is 97.7 Å². The first kappa shape index (κ1) is 25.1. The number of amides is 1. The molecule has 0 saturated carbocycles. The van der Waals surface area contributed by atoms with Crippen LogP contribution in [0.2, 0.25) is 0 Å². The second kappa shape index (κ2) is 11.0. The molecular formula is C24H25FN4O4S. The van der Waals surface area contributed by atoms with Crippen LogP contribution in [0.3, 0.4) is 0 Å². The van der Waals surface area contributed by atoms with E-state index in [1.54, 1.807) is 58.2 Å². The van der Waals surface area contributed by atoms with Gasteiger partial charge in [0.1, 0.15) is 41.4 Å². The number of aromatic nitrogens is 3. The van der Waals surface area contributed by atoms with Gasteiger partial charge in [-0.2, -0.15) is 0 Å². The van der Waals surface area contributed by atoms with Gasteiger partial charge in [0.05, 0.1) is 22.6 Å². The third-order valence-electron chi connectivity index (χ3n) is 4.16. The maximum Gasteiger partial charge on any atom is 0.415 e. The highest BCUT2D eigenvalue weighted by molar-refractivity contribution is 7.19. The Bertz CT molecular complexity index is 1230. The molecule has 1 unspecified atom stereocenters. The Morgan fingerprint density at radius 3 is 2.79 bits per heavy atom. The number of carbonyl (C=O) groups is 1. The zero-order chi connectivity index (χ0) is 24.7. The average molecular weight is 485 g/mol. The molecule has 0 fully saturated rings. The summed E-state index contributed by atoms with van der Waals surface area (Å²) in [6.07, 6.45) is 4.72. The molecule has 34 heavy (non-hydrogen) atoms. The molecule has 1 aromatic carbocycles. The first-order valence-electron chi connectivity index (χ1n) is 10.4. The van der Waals surface area contributed by atoms with E-state index in [1.807, 2.05) is 0 Å². The van der Waals surface area contributed by atoms with Crippen molar-refractivity contribution in [1.82, 2.24) is 15.0 Å². The Kier molecular flexibility index (Phi) is 8.15. The summed E-state index contributed by atoms with van der Waals surface area (Å²) in [7, 11) is 1.56. The number of fused-ring (bicyclic) bond motifs is 1. The van der Waals surface area contributed by atoms with Crippen LogP contribution in [0, 0.1) is 11.8 Å². The van der Waals surface area contributed by atoms with Crippen molar-refractivity contribution < 1.29 is 23.8 Å². The van der Waals surface area contributed by atoms with Gasteiger partial charge in [-0.15, -0.1) is 11.3 Å². The summed E-state index contributed by atoms with van der Waals surface area (Å²) < 4.78 is 23.9. The molecular weight excluding hydrogens is 459 g/mol. The van der Waals surface area contributed by atoms with Crippen LogP contribution in [0.25, 0.3) is 16.3 Å². The summed E-state index contributed by atoms with van der Waals surface area (Å²) in [5.74, 6) is 6.66. The molecule has 1 amide bonds. The third-order valence-corrected chi connectivity index (χ3v) is 5.14. The highest BCUT2D eigenvalue weighted by Gasteiger charge is 2.21. The summed E-state index contributed by atoms with van der Waals surface area (Å²) in [6, 6.07) is 5.33. The molecule has 2 heterocycles. The van der Waals surface area contributed by atoms with Gasteiger partial charge in [-0.3, -0.25) is 4.90 Å². The van der Waals surface area contributed by atoms with E-state index in [0.717, 1.165) is 15.2 Å². The van der Waals surface area contributed by atoms with Crippen molar-refractivity contribution in [3.63, 3.8) is 0 Å². The SMILES string of the molecule is CN(C(=O)OC(C)(C)C)c1cnc(C#C/C=C/c2nc3ccc(OCC(O)CF)cc3s2)cn1. The van der Waals surface area contributed by atoms with Gasteiger partial charge in [0.15, 0.2) is 5.82 Å². The molecule has 0 bridgehead atoms. The number of nitrogens with zero attached hydrogens (tertiary/aromatic N) is 4. The van der Waals surface area contributed by atoms with Crippen LogP contribution in [0.4, 0.5) is 15.0 Å². The minimum atomic E-state index is -1.14. The summed E-state index contributed by atoms with van der Waals surface area (Å²) in [5.41, 5.74) is 0.648. The van der Waals surface area contributed by atoms with Crippen molar-refractivity contribution in [3.05, 3.63) is 47.4 Å². The number of carbonyl (C=O) groups excluding carboxylic acids is 1. The molecule has 1 N–H and O–H groups in total. The number of halogens is 1. The van der Waals surface area contributed by atoms with Gasteiger partial charge >= 0.3 is 6.09 Å². The van der Waals surface area contributed by atoms with Crippen LogP contribution < -0.4 is 9.64 Å². The molecule has 10 heteroatoms. The lowest BCUT2D eigenvalue weighted by Gasteiger charge is -2.23. The number of aliphatic hydroxyl groups excluding tert-OH is 1. The normalized spacial score (nSPS) is 12.3. The Morgan fingerprint density at radius 2 is 2.12 bits per heavy atom.